The number of hydrogen-bond donors (Lipinski definition) is 1. The Kier molecular flexibility index (Phi) is 3.07. The second kappa shape index (κ2) is 4.25. The van der Waals surface area contributed by atoms with E-state index in [0.717, 1.165) is 0 Å². The molecule has 0 radical (unpaired) electrons. The van der Waals surface area contributed by atoms with Crippen LogP contribution in [0, 0.1) is 5.82 Å². The van der Waals surface area contributed by atoms with E-state index in [0.29, 0.717) is 0 Å². The van der Waals surface area contributed by atoms with E-state index in [2.05, 4.69) is 15.2 Å². The number of rotatable bonds is 2. The molecule has 5 nitrogen and oxygen atoms in total. The standard InChI is InChI=1S/C8H4Cl2FN3O2S/c9-5-3-1-2-4(6(5)11)7-12-8(14-13-7)17(10,15)16/h1-3H,(H,12,13,14). The third kappa shape index (κ3) is 2.41. The fraction of sp³-hybridized carbons (Fsp3) is 0. The fourth-order valence-electron chi connectivity index (χ4n) is 1.15. The number of halogens is 3. The second-order valence-corrected chi connectivity index (χ2v) is 5.89. The van der Waals surface area contributed by atoms with Gasteiger partial charge in [0.15, 0.2) is 11.6 Å². The zero-order valence-corrected chi connectivity index (χ0v) is 10.3. The van der Waals surface area contributed by atoms with Gasteiger partial charge in [-0.05, 0) is 12.1 Å². The minimum Gasteiger partial charge on any atom is -0.248 e. The van der Waals surface area contributed by atoms with E-state index in [1.807, 2.05) is 0 Å². The Morgan fingerprint density at radius 1 is 1.35 bits per heavy atom. The molecular weight excluding hydrogens is 292 g/mol. The summed E-state index contributed by atoms with van der Waals surface area (Å²) in [6.45, 7) is 0. The van der Waals surface area contributed by atoms with E-state index in [9.17, 15) is 12.8 Å². The topological polar surface area (TPSA) is 75.7 Å². The molecule has 0 aliphatic heterocycles. The van der Waals surface area contributed by atoms with Crippen LogP contribution in [0.15, 0.2) is 23.4 Å². The lowest BCUT2D eigenvalue weighted by atomic mass is 10.2. The van der Waals surface area contributed by atoms with E-state index in [-0.39, 0.29) is 16.4 Å². The number of benzene rings is 1. The molecule has 1 N–H and O–H groups in total. The SMILES string of the molecule is O=S(=O)(Cl)c1nc(-c2cccc(Cl)c2F)n[nH]1. The maximum atomic E-state index is 13.6. The van der Waals surface area contributed by atoms with Crippen LogP contribution in [0.2, 0.25) is 5.02 Å². The molecule has 0 aliphatic carbocycles. The van der Waals surface area contributed by atoms with Crippen LogP contribution < -0.4 is 0 Å². The van der Waals surface area contributed by atoms with Crippen molar-refractivity contribution < 1.29 is 12.8 Å². The molecule has 0 fully saturated rings. The lowest BCUT2D eigenvalue weighted by Gasteiger charge is -1.98. The van der Waals surface area contributed by atoms with Crippen LogP contribution >= 0.6 is 22.3 Å². The molecule has 0 spiro atoms. The fourth-order valence-corrected chi connectivity index (χ4v) is 1.88. The predicted molar refractivity (Wildman–Crippen MR) is 59.8 cm³/mol. The summed E-state index contributed by atoms with van der Waals surface area (Å²) in [5.74, 6) is -0.865. The van der Waals surface area contributed by atoms with E-state index < -0.39 is 20.0 Å². The van der Waals surface area contributed by atoms with E-state index >= 15 is 0 Å². The number of aromatic nitrogens is 3. The van der Waals surface area contributed by atoms with Gasteiger partial charge >= 0.3 is 0 Å². The minimum absolute atomic E-state index is 0.0136. The molecule has 0 unspecified atom stereocenters. The van der Waals surface area contributed by atoms with Crippen molar-refractivity contribution in [1.29, 1.82) is 0 Å². The van der Waals surface area contributed by atoms with Crippen molar-refractivity contribution in [2.75, 3.05) is 0 Å². The van der Waals surface area contributed by atoms with Crippen LogP contribution in [-0.4, -0.2) is 23.6 Å². The molecule has 0 aliphatic rings. The van der Waals surface area contributed by atoms with Crippen molar-refractivity contribution in [3.8, 4) is 11.4 Å². The van der Waals surface area contributed by atoms with E-state index in [1.54, 1.807) is 0 Å². The molecule has 0 saturated heterocycles. The van der Waals surface area contributed by atoms with Crippen LogP contribution in [0.5, 0.6) is 0 Å². The molecular formula is C8H4Cl2FN3O2S. The van der Waals surface area contributed by atoms with Gasteiger partial charge in [0.25, 0.3) is 14.2 Å². The summed E-state index contributed by atoms with van der Waals surface area (Å²) in [5, 5.41) is 5.00. The van der Waals surface area contributed by atoms with Gasteiger partial charge in [-0.3, -0.25) is 0 Å². The first-order chi connectivity index (χ1) is 7.89. The number of H-pyrrole nitrogens is 1. The number of nitrogens with zero attached hydrogens (tertiary/aromatic N) is 2. The lowest BCUT2D eigenvalue weighted by Crippen LogP contribution is -1.93. The Morgan fingerprint density at radius 3 is 2.65 bits per heavy atom. The van der Waals surface area contributed by atoms with Gasteiger partial charge in [0, 0.05) is 10.7 Å². The van der Waals surface area contributed by atoms with Crippen molar-refractivity contribution in [3.05, 3.63) is 29.0 Å². The number of hydrogen-bond acceptors (Lipinski definition) is 4. The average Bonchev–Trinajstić information content (AvgIpc) is 2.70. The highest BCUT2D eigenvalue weighted by atomic mass is 35.7. The van der Waals surface area contributed by atoms with Crippen LogP contribution in [0.25, 0.3) is 11.4 Å². The molecule has 2 rings (SSSR count). The predicted octanol–water partition coefficient (Wildman–Crippen LogP) is 2.19. The lowest BCUT2D eigenvalue weighted by molar-refractivity contribution is 0.602. The molecule has 2 aromatic rings. The second-order valence-electron chi connectivity index (χ2n) is 3.00. The molecule has 1 heterocycles. The van der Waals surface area contributed by atoms with Crippen molar-refractivity contribution >= 4 is 31.3 Å². The Balaban J connectivity index is 2.55. The van der Waals surface area contributed by atoms with Crippen molar-refractivity contribution in [1.82, 2.24) is 15.2 Å². The highest BCUT2D eigenvalue weighted by Crippen LogP contribution is 2.25. The van der Waals surface area contributed by atoms with Crippen LogP contribution in [-0.2, 0) is 9.05 Å². The Bertz CT molecular complexity index is 671. The molecule has 0 saturated carbocycles. The highest BCUT2D eigenvalue weighted by molar-refractivity contribution is 8.13. The summed E-state index contributed by atoms with van der Waals surface area (Å²) in [4.78, 5) is 3.57. The summed E-state index contributed by atoms with van der Waals surface area (Å²) in [5.41, 5.74) is -0.0136. The summed E-state index contributed by atoms with van der Waals surface area (Å²) in [7, 11) is 1.02. The molecule has 0 bridgehead atoms. The van der Waals surface area contributed by atoms with Gasteiger partial charge in [-0.1, -0.05) is 17.7 Å². The largest absolute Gasteiger partial charge is 0.296 e. The highest BCUT2D eigenvalue weighted by Gasteiger charge is 2.19. The summed E-state index contributed by atoms with van der Waals surface area (Å²) in [6.07, 6.45) is 0. The summed E-state index contributed by atoms with van der Waals surface area (Å²) in [6, 6.07) is 4.22. The van der Waals surface area contributed by atoms with Gasteiger partial charge in [-0.15, -0.1) is 0 Å². The monoisotopic (exact) mass is 295 g/mol. The van der Waals surface area contributed by atoms with Gasteiger partial charge in [-0.25, -0.2) is 17.9 Å². The van der Waals surface area contributed by atoms with E-state index in [4.69, 9.17) is 22.3 Å². The Hall–Kier alpha value is -1.18. The number of nitrogens with one attached hydrogen (secondary N) is 1. The van der Waals surface area contributed by atoms with Crippen LogP contribution in [0.4, 0.5) is 4.39 Å². The maximum Gasteiger partial charge on any atom is 0.296 e. The first-order valence-electron chi connectivity index (χ1n) is 4.21. The van der Waals surface area contributed by atoms with Gasteiger partial charge in [0.2, 0.25) is 0 Å². The van der Waals surface area contributed by atoms with Gasteiger partial charge < -0.3 is 0 Å². The molecule has 0 atom stereocenters. The zero-order valence-electron chi connectivity index (χ0n) is 7.99. The first-order valence-corrected chi connectivity index (χ1v) is 6.90. The Morgan fingerprint density at radius 2 is 2.06 bits per heavy atom. The third-order valence-electron chi connectivity index (χ3n) is 1.89. The molecule has 1 aromatic carbocycles. The van der Waals surface area contributed by atoms with Crippen LogP contribution in [0.1, 0.15) is 0 Å². The quantitative estimate of drug-likeness (QED) is 0.862. The average molecular weight is 296 g/mol. The molecule has 90 valence electrons. The van der Waals surface area contributed by atoms with Crippen molar-refractivity contribution in [3.63, 3.8) is 0 Å². The van der Waals surface area contributed by atoms with Gasteiger partial charge in [0.05, 0.1) is 10.6 Å². The molecule has 9 heteroatoms. The van der Waals surface area contributed by atoms with Crippen molar-refractivity contribution in [2.45, 2.75) is 5.16 Å². The normalized spacial score (nSPS) is 11.7. The Labute approximate surface area is 105 Å². The minimum atomic E-state index is -4.03. The molecule has 1 aromatic heterocycles. The summed E-state index contributed by atoms with van der Waals surface area (Å²) >= 11 is 5.58. The maximum absolute atomic E-state index is 13.6. The van der Waals surface area contributed by atoms with E-state index in [1.165, 1.54) is 18.2 Å². The molecule has 17 heavy (non-hydrogen) atoms. The molecule has 0 amide bonds. The number of aromatic amines is 1. The third-order valence-corrected chi connectivity index (χ3v) is 3.26. The zero-order chi connectivity index (χ0) is 12.6. The first kappa shape index (κ1) is 12.3. The smallest absolute Gasteiger partial charge is 0.248 e. The van der Waals surface area contributed by atoms with Gasteiger partial charge in [-0.2, -0.15) is 10.1 Å². The van der Waals surface area contributed by atoms with Crippen molar-refractivity contribution in [2.24, 2.45) is 0 Å². The van der Waals surface area contributed by atoms with Gasteiger partial charge in [0.1, 0.15) is 0 Å². The van der Waals surface area contributed by atoms with Crippen LogP contribution in [0.3, 0.4) is 0 Å². The summed E-state index contributed by atoms with van der Waals surface area (Å²) < 4.78 is 35.5.